The van der Waals surface area contributed by atoms with Gasteiger partial charge in [-0.1, -0.05) is 77.3 Å². The number of sulfonamides is 1. The quantitative estimate of drug-likeness (QED) is 0.461. The second kappa shape index (κ2) is 8.12. The number of hydrogen-bond acceptors (Lipinski definition) is 3. The lowest BCUT2D eigenvalue weighted by Gasteiger charge is -2.37. The van der Waals surface area contributed by atoms with Crippen LogP contribution >= 0.6 is 34.8 Å². The Bertz CT molecular complexity index is 1220. The van der Waals surface area contributed by atoms with Crippen LogP contribution in [0.2, 0.25) is 15.1 Å². The van der Waals surface area contributed by atoms with E-state index in [1.54, 1.807) is 24.3 Å². The molecule has 1 aliphatic heterocycles. The average molecular weight is 482 g/mol. The highest BCUT2D eigenvalue weighted by Crippen LogP contribution is 2.42. The smallest absolute Gasteiger partial charge is 0.288 e. The van der Waals surface area contributed by atoms with Gasteiger partial charge in [-0.2, -0.15) is 0 Å². The summed E-state index contributed by atoms with van der Waals surface area (Å²) in [6.45, 7) is 0.0119. The molecule has 1 heterocycles. The largest absolute Gasteiger partial charge is 0.339 e. The maximum atomic E-state index is 13.4. The summed E-state index contributed by atoms with van der Waals surface area (Å²) in [6, 6.07) is 18.0. The molecule has 0 radical (unpaired) electrons. The third-order valence-electron chi connectivity index (χ3n) is 4.69. The molecule has 0 aliphatic carbocycles. The van der Waals surface area contributed by atoms with Gasteiger partial charge in [-0.15, -0.1) is 0 Å². The first-order valence-corrected chi connectivity index (χ1v) is 11.5. The van der Waals surface area contributed by atoms with E-state index in [0.717, 1.165) is 9.87 Å². The van der Waals surface area contributed by atoms with Gasteiger partial charge in [-0.25, -0.2) is 17.5 Å². The van der Waals surface area contributed by atoms with E-state index in [-0.39, 0.29) is 33.7 Å². The highest BCUT2D eigenvalue weighted by molar-refractivity contribution is 7.90. The summed E-state index contributed by atoms with van der Waals surface area (Å²) in [4.78, 5) is 14.6. The van der Waals surface area contributed by atoms with E-state index in [1.807, 2.05) is 30.3 Å². The Balaban J connectivity index is 1.84. The van der Waals surface area contributed by atoms with Crippen LogP contribution < -0.4 is 4.90 Å². The number of halogens is 3. The molecule has 0 fully saturated rings. The molecule has 5 nitrogen and oxygen atoms in total. The highest BCUT2D eigenvalue weighted by atomic mass is 35.5. The third-order valence-corrected chi connectivity index (χ3v) is 7.39. The van der Waals surface area contributed by atoms with Crippen molar-refractivity contribution in [2.45, 2.75) is 18.0 Å². The van der Waals surface area contributed by atoms with Gasteiger partial charge in [0.15, 0.2) is 0 Å². The zero-order chi connectivity index (χ0) is 21.5. The SMILES string of the molecule is O=C1N(Cc2ccccc2)c2cc(Cl)cc(Cl)c2S(=O)(=O)N1Cc1ccc(Cl)cc1. The number of carbonyl (C=O) groups excluding carboxylic acids is 1. The number of amides is 2. The van der Waals surface area contributed by atoms with E-state index >= 15 is 0 Å². The van der Waals surface area contributed by atoms with Gasteiger partial charge in [0.25, 0.3) is 10.0 Å². The Kier molecular flexibility index (Phi) is 5.68. The minimum Gasteiger partial charge on any atom is -0.288 e. The van der Waals surface area contributed by atoms with Crippen LogP contribution in [0.3, 0.4) is 0 Å². The maximum Gasteiger partial charge on any atom is 0.339 e. The van der Waals surface area contributed by atoms with Gasteiger partial charge in [0.1, 0.15) is 4.90 Å². The molecule has 3 aromatic carbocycles. The van der Waals surface area contributed by atoms with Gasteiger partial charge < -0.3 is 0 Å². The van der Waals surface area contributed by atoms with Crippen molar-refractivity contribution in [1.82, 2.24) is 4.31 Å². The Morgan fingerprint density at radius 3 is 2.07 bits per heavy atom. The molecule has 0 saturated heterocycles. The monoisotopic (exact) mass is 480 g/mol. The Hall–Kier alpha value is -2.25. The molecule has 0 N–H and O–H groups in total. The zero-order valence-electron chi connectivity index (χ0n) is 15.4. The Morgan fingerprint density at radius 1 is 0.767 bits per heavy atom. The number of anilines is 1. The van der Waals surface area contributed by atoms with E-state index in [2.05, 4.69) is 0 Å². The normalized spacial score (nSPS) is 15.2. The molecule has 0 aromatic heterocycles. The molecule has 1 aliphatic rings. The van der Waals surface area contributed by atoms with Gasteiger partial charge in [-0.05, 0) is 35.4 Å². The molecular formula is C21H15Cl3N2O3S. The summed E-state index contributed by atoms with van der Waals surface area (Å²) in [5.41, 5.74) is 1.61. The molecule has 0 atom stereocenters. The molecule has 4 rings (SSSR count). The molecule has 3 aromatic rings. The molecule has 0 saturated carbocycles. The standard InChI is InChI=1S/C21H15Cl3N2O3S/c22-16-8-6-15(7-9-16)13-26-21(27)25(12-14-4-2-1-3-5-14)19-11-17(23)10-18(24)20(19)30(26,28)29/h1-11H,12-13H2. The molecule has 9 heteroatoms. The minimum atomic E-state index is -4.19. The lowest BCUT2D eigenvalue weighted by Crippen LogP contribution is -2.50. The van der Waals surface area contributed by atoms with Crippen molar-refractivity contribution in [3.8, 4) is 0 Å². The van der Waals surface area contributed by atoms with Gasteiger partial charge in [0.2, 0.25) is 0 Å². The van der Waals surface area contributed by atoms with Crippen molar-refractivity contribution < 1.29 is 13.2 Å². The van der Waals surface area contributed by atoms with Crippen molar-refractivity contribution in [1.29, 1.82) is 0 Å². The van der Waals surface area contributed by atoms with Gasteiger partial charge >= 0.3 is 6.03 Å². The lowest BCUT2D eigenvalue weighted by molar-refractivity contribution is 0.226. The number of fused-ring (bicyclic) bond motifs is 1. The summed E-state index contributed by atoms with van der Waals surface area (Å²) in [7, 11) is -4.19. The molecule has 0 unspecified atom stereocenters. The van der Waals surface area contributed by atoms with Crippen molar-refractivity contribution >= 4 is 56.5 Å². The third kappa shape index (κ3) is 3.88. The predicted molar refractivity (Wildman–Crippen MR) is 119 cm³/mol. The van der Waals surface area contributed by atoms with Crippen LogP contribution in [-0.4, -0.2) is 18.8 Å². The van der Waals surface area contributed by atoms with Crippen LogP contribution in [0.1, 0.15) is 11.1 Å². The second-order valence-electron chi connectivity index (χ2n) is 6.73. The van der Waals surface area contributed by atoms with Crippen LogP contribution in [0, 0.1) is 0 Å². The maximum absolute atomic E-state index is 13.4. The lowest BCUT2D eigenvalue weighted by atomic mass is 10.2. The minimum absolute atomic E-state index is 0.0378. The predicted octanol–water partition coefficient (Wildman–Crippen LogP) is 5.98. The average Bonchev–Trinajstić information content (AvgIpc) is 2.70. The summed E-state index contributed by atoms with van der Waals surface area (Å²) in [5, 5.41) is 0.718. The Morgan fingerprint density at radius 2 is 1.40 bits per heavy atom. The van der Waals surface area contributed by atoms with Crippen LogP contribution in [-0.2, 0) is 23.1 Å². The van der Waals surface area contributed by atoms with Crippen molar-refractivity contribution in [2.24, 2.45) is 0 Å². The fourth-order valence-corrected chi connectivity index (χ4v) is 5.76. The molecule has 2 amide bonds. The first-order valence-electron chi connectivity index (χ1n) is 8.89. The number of hydrogen-bond donors (Lipinski definition) is 0. The molecular weight excluding hydrogens is 467 g/mol. The molecule has 0 bridgehead atoms. The van der Waals surface area contributed by atoms with Gasteiger partial charge in [-0.3, -0.25) is 4.90 Å². The zero-order valence-corrected chi connectivity index (χ0v) is 18.5. The van der Waals surface area contributed by atoms with E-state index in [9.17, 15) is 13.2 Å². The fraction of sp³-hybridized carbons (Fsp3) is 0.0952. The first kappa shape index (κ1) is 21.0. The van der Waals surface area contributed by atoms with Crippen molar-refractivity contribution in [2.75, 3.05) is 4.90 Å². The Labute approximate surface area is 189 Å². The molecule has 0 spiro atoms. The summed E-state index contributed by atoms with van der Waals surface area (Å²) >= 11 is 18.3. The van der Waals surface area contributed by atoms with Crippen molar-refractivity contribution in [3.05, 3.63) is 92.9 Å². The molecule has 30 heavy (non-hydrogen) atoms. The van der Waals surface area contributed by atoms with Crippen LogP contribution in [0.4, 0.5) is 10.5 Å². The highest BCUT2D eigenvalue weighted by Gasteiger charge is 2.43. The van der Waals surface area contributed by atoms with Gasteiger partial charge in [0.05, 0.1) is 23.8 Å². The topological polar surface area (TPSA) is 57.7 Å². The first-order chi connectivity index (χ1) is 14.3. The second-order valence-corrected chi connectivity index (χ2v) is 9.81. The summed E-state index contributed by atoms with van der Waals surface area (Å²) in [5.74, 6) is 0. The van der Waals surface area contributed by atoms with E-state index < -0.39 is 16.1 Å². The number of nitrogens with zero attached hydrogens (tertiary/aromatic N) is 2. The fourth-order valence-electron chi connectivity index (χ4n) is 3.28. The molecule has 154 valence electrons. The van der Waals surface area contributed by atoms with E-state index in [4.69, 9.17) is 34.8 Å². The van der Waals surface area contributed by atoms with Crippen molar-refractivity contribution in [3.63, 3.8) is 0 Å². The van der Waals surface area contributed by atoms with Gasteiger partial charge in [0, 0.05) is 10.0 Å². The number of rotatable bonds is 4. The summed E-state index contributed by atoms with van der Waals surface area (Å²) in [6.07, 6.45) is 0. The number of benzene rings is 3. The van der Waals surface area contributed by atoms with Crippen LogP contribution in [0.15, 0.2) is 71.6 Å². The number of urea groups is 1. The summed E-state index contributed by atoms with van der Waals surface area (Å²) < 4.78 is 27.5. The number of carbonyl (C=O) groups is 1. The van der Waals surface area contributed by atoms with Crippen LogP contribution in [0.5, 0.6) is 0 Å². The van der Waals surface area contributed by atoms with Crippen LogP contribution in [0.25, 0.3) is 0 Å². The van der Waals surface area contributed by atoms with E-state index in [1.165, 1.54) is 17.0 Å². The van der Waals surface area contributed by atoms with E-state index in [0.29, 0.717) is 10.6 Å².